The van der Waals surface area contributed by atoms with Gasteiger partial charge in [-0.15, -0.1) is 0 Å². The van der Waals surface area contributed by atoms with Crippen LogP contribution in [0.1, 0.15) is 42.4 Å². The largest absolute Gasteiger partial charge is 0.507 e. The maximum Gasteiger partial charge on any atom is 0.121 e. The molecule has 0 aliphatic heterocycles. The highest BCUT2D eigenvalue weighted by molar-refractivity contribution is 5.42. The fourth-order valence-electron chi connectivity index (χ4n) is 2.12. The normalized spacial score (nSPS) is 11.1. The van der Waals surface area contributed by atoms with Gasteiger partial charge < -0.3 is 9.84 Å². The van der Waals surface area contributed by atoms with E-state index in [1.807, 2.05) is 13.8 Å². The van der Waals surface area contributed by atoms with Crippen molar-refractivity contribution < 1.29 is 9.84 Å². The molecule has 0 saturated heterocycles. The van der Waals surface area contributed by atoms with Crippen LogP contribution in [0.2, 0.25) is 0 Å². The number of hydrogen-bond donors (Lipinski definition) is 1. The van der Waals surface area contributed by atoms with Crippen LogP contribution < -0.4 is 0 Å². The average molecular weight is 248 g/mol. The Morgan fingerprint density at radius 1 is 1.11 bits per heavy atom. The van der Waals surface area contributed by atoms with Crippen molar-refractivity contribution in [3.05, 3.63) is 41.2 Å². The fraction of sp³-hybridized carbons (Fsp3) is 0.500. The van der Waals surface area contributed by atoms with Gasteiger partial charge in [-0.3, -0.25) is 0 Å². The standard InChI is InChI=1S/C16H24O2/c1-13-11-15(12-14(2)16(13)17)9-7-5-4-6-8-10-18-3/h8,10-12,17H,4-7,9H2,1-3H3/b10-8-. The van der Waals surface area contributed by atoms with Crippen molar-refractivity contribution in [2.75, 3.05) is 7.11 Å². The summed E-state index contributed by atoms with van der Waals surface area (Å²) in [7, 11) is 1.67. The monoisotopic (exact) mass is 248 g/mol. The van der Waals surface area contributed by atoms with E-state index in [-0.39, 0.29) is 0 Å². The molecule has 0 aliphatic carbocycles. The number of unbranched alkanes of at least 4 members (excludes halogenated alkanes) is 3. The maximum atomic E-state index is 9.70. The zero-order chi connectivity index (χ0) is 13.4. The Bertz CT molecular complexity index is 371. The van der Waals surface area contributed by atoms with Crippen LogP contribution in [0.5, 0.6) is 5.75 Å². The Kier molecular flexibility index (Phi) is 6.34. The number of ether oxygens (including phenoxy) is 1. The molecule has 0 radical (unpaired) electrons. The number of aromatic hydroxyl groups is 1. The third-order valence-corrected chi connectivity index (χ3v) is 3.12. The minimum atomic E-state index is 0.434. The van der Waals surface area contributed by atoms with Gasteiger partial charge in [0.2, 0.25) is 0 Å². The van der Waals surface area contributed by atoms with Crippen LogP contribution in [0.25, 0.3) is 0 Å². The van der Waals surface area contributed by atoms with E-state index in [2.05, 4.69) is 18.2 Å². The molecule has 0 unspecified atom stereocenters. The van der Waals surface area contributed by atoms with Gasteiger partial charge in [-0.1, -0.05) is 18.6 Å². The number of methoxy groups -OCH3 is 1. The summed E-state index contributed by atoms with van der Waals surface area (Å²) >= 11 is 0. The molecule has 2 heteroatoms. The lowest BCUT2D eigenvalue weighted by Gasteiger charge is -2.07. The lowest BCUT2D eigenvalue weighted by atomic mass is 10.0. The molecule has 2 nitrogen and oxygen atoms in total. The van der Waals surface area contributed by atoms with Gasteiger partial charge in [-0.25, -0.2) is 0 Å². The van der Waals surface area contributed by atoms with Crippen LogP contribution in [0.4, 0.5) is 0 Å². The van der Waals surface area contributed by atoms with Crippen molar-refractivity contribution in [3.63, 3.8) is 0 Å². The van der Waals surface area contributed by atoms with Gasteiger partial charge in [0, 0.05) is 0 Å². The second-order valence-electron chi connectivity index (χ2n) is 4.79. The Labute approximate surface area is 110 Å². The molecule has 0 aromatic heterocycles. The number of phenolic OH excluding ortho intramolecular Hbond substituents is 1. The Morgan fingerprint density at radius 2 is 1.78 bits per heavy atom. The van der Waals surface area contributed by atoms with Crippen LogP contribution >= 0.6 is 0 Å². The molecule has 0 bridgehead atoms. The molecule has 1 aromatic carbocycles. The first-order chi connectivity index (χ1) is 8.65. The number of benzene rings is 1. The molecule has 0 saturated carbocycles. The van der Waals surface area contributed by atoms with E-state index in [1.165, 1.54) is 24.8 Å². The number of hydrogen-bond acceptors (Lipinski definition) is 2. The Morgan fingerprint density at radius 3 is 2.39 bits per heavy atom. The molecule has 1 aromatic rings. The van der Waals surface area contributed by atoms with Crippen molar-refractivity contribution >= 4 is 0 Å². The van der Waals surface area contributed by atoms with Gasteiger partial charge in [0.15, 0.2) is 0 Å². The Hall–Kier alpha value is -1.44. The fourth-order valence-corrected chi connectivity index (χ4v) is 2.12. The summed E-state index contributed by atoms with van der Waals surface area (Å²) in [6.07, 6.45) is 9.62. The molecular weight excluding hydrogens is 224 g/mol. The van der Waals surface area contributed by atoms with Gasteiger partial charge >= 0.3 is 0 Å². The number of aryl methyl sites for hydroxylation is 3. The first-order valence-corrected chi connectivity index (χ1v) is 6.62. The molecule has 1 rings (SSSR count). The highest BCUT2D eigenvalue weighted by Crippen LogP contribution is 2.23. The maximum absolute atomic E-state index is 9.70. The molecule has 0 spiro atoms. The molecule has 1 N–H and O–H groups in total. The van der Waals surface area contributed by atoms with Crippen LogP contribution in [-0.4, -0.2) is 12.2 Å². The van der Waals surface area contributed by atoms with Gasteiger partial charge in [0.25, 0.3) is 0 Å². The zero-order valence-corrected chi connectivity index (χ0v) is 11.7. The molecule has 0 heterocycles. The number of rotatable bonds is 7. The minimum absolute atomic E-state index is 0.434. The summed E-state index contributed by atoms with van der Waals surface area (Å²) in [6.45, 7) is 3.92. The highest BCUT2D eigenvalue weighted by atomic mass is 16.5. The van der Waals surface area contributed by atoms with E-state index in [0.29, 0.717) is 5.75 Å². The summed E-state index contributed by atoms with van der Waals surface area (Å²) in [4.78, 5) is 0. The molecule has 0 atom stereocenters. The molecular formula is C16H24O2. The van der Waals surface area contributed by atoms with Gasteiger partial charge in [-0.05, 0) is 62.3 Å². The predicted octanol–water partition coefficient (Wildman–Crippen LogP) is 4.27. The summed E-state index contributed by atoms with van der Waals surface area (Å²) in [5.41, 5.74) is 3.29. The van der Waals surface area contributed by atoms with Crippen molar-refractivity contribution in [3.8, 4) is 5.75 Å². The molecule has 100 valence electrons. The molecule has 18 heavy (non-hydrogen) atoms. The SMILES string of the molecule is CO/C=C\CCCCCc1cc(C)c(O)c(C)c1. The first kappa shape index (κ1) is 14.6. The van der Waals surface area contributed by atoms with Crippen molar-refractivity contribution in [2.45, 2.75) is 46.0 Å². The summed E-state index contributed by atoms with van der Waals surface area (Å²) in [5, 5.41) is 9.70. The van der Waals surface area contributed by atoms with Crippen LogP contribution in [0, 0.1) is 13.8 Å². The van der Waals surface area contributed by atoms with Crippen LogP contribution in [0.15, 0.2) is 24.5 Å². The van der Waals surface area contributed by atoms with E-state index >= 15 is 0 Å². The summed E-state index contributed by atoms with van der Waals surface area (Å²) in [5.74, 6) is 0.434. The molecule has 0 fully saturated rings. The van der Waals surface area contributed by atoms with Crippen LogP contribution in [0.3, 0.4) is 0 Å². The lowest BCUT2D eigenvalue weighted by molar-refractivity contribution is 0.336. The average Bonchev–Trinajstić information content (AvgIpc) is 2.34. The van der Waals surface area contributed by atoms with Gasteiger partial charge in [0.1, 0.15) is 5.75 Å². The second-order valence-corrected chi connectivity index (χ2v) is 4.79. The van der Waals surface area contributed by atoms with E-state index in [0.717, 1.165) is 24.0 Å². The van der Waals surface area contributed by atoms with E-state index in [4.69, 9.17) is 4.74 Å². The highest BCUT2D eigenvalue weighted by Gasteiger charge is 2.02. The Balaban J connectivity index is 2.29. The lowest BCUT2D eigenvalue weighted by Crippen LogP contribution is -1.90. The number of phenols is 1. The third-order valence-electron chi connectivity index (χ3n) is 3.12. The molecule has 0 amide bonds. The van der Waals surface area contributed by atoms with E-state index in [1.54, 1.807) is 13.4 Å². The van der Waals surface area contributed by atoms with Crippen molar-refractivity contribution in [1.82, 2.24) is 0 Å². The minimum Gasteiger partial charge on any atom is -0.507 e. The predicted molar refractivity (Wildman–Crippen MR) is 75.9 cm³/mol. The van der Waals surface area contributed by atoms with Gasteiger partial charge in [0.05, 0.1) is 13.4 Å². The quantitative estimate of drug-likeness (QED) is 0.576. The summed E-state index contributed by atoms with van der Waals surface area (Å²) in [6, 6.07) is 4.18. The van der Waals surface area contributed by atoms with Crippen molar-refractivity contribution in [1.29, 1.82) is 0 Å². The zero-order valence-electron chi connectivity index (χ0n) is 11.7. The third kappa shape index (κ3) is 4.82. The smallest absolute Gasteiger partial charge is 0.121 e. The van der Waals surface area contributed by atoms with Crippen LogP contribution in [-0.2, 0) is 11.2 Å². The topological polar surface area (TPSA) is 29.5 Å². The van der Waals surface area contributed by atoms with E-state index in [9.17, 15) is 5.11 Å². The number of allylic oxidation sites excluding steroid dienone is 1. The van der Waals surface area contributed by atoms with E-state index < -0.39 is 0 Å². The van der Waals surface area contributed by atoms with Crippen molar-refractivity contribution in [2.24, 2.45) is 0 Å². The first-order valence-electron chi connectivity index (χ1n) is 6.62. The summed E-state index contributed by atoms with van der Waals surface area (Å²) < 4.78 is 4.85. The second kappa shape index (κ2) is 7.80. The molecule has 0 aliphatic rings. The van der Waals surface area contributed by atoms with Gasteiger partial charge in [-0.2, -0.15) is 0 Å².